The number of esters is 1. The monoisotopic (exact) mass is 410 g/mol. The highest BCUT2D eigenvalue weighted by Crippen LogP contribution is 2.21. The number of hydrogen-bond acceptors (Lipinski definition) is 6. The molecule has 1 amide bonds. The molecule has 1 aromatic carbocycles. The first-order chi connectivity index (χ1) is 13.3. The first kappa shape index (κ1) is 20.8. The van der Waals surface area contributed by atoms with E-state index in [0.29, 0.717) is 26.2 Å². The van der Waals surface area contributed by atoms with Crippen LogP contribution < -0.4 is 0 Å². The molecule has 0 unspecified atom stereocenters. The van der Waals surface area contributed by atoms with E-state index in [2.05, 4.69) is 0 Å². The summed E-state index contributed by atoms with van der Waals surface area (Å²) >= 11 is 0. The number of hydrogen-bond donors (Lipinski definition) is 0. The van der Waals surface area contributed by atoms with Crippen LogP contribution in [0.1, 0.15) is 37.0 Å². The van der Waals surface area contributed by atoms with E-state index in [1.54, 1.807) is 4.90 Å². The van der Waals surface area contributed by atoms with Gasteiger partial charge in [0.05, 0.1) is 22.7 Å². The predicted molar refractivity (Wildman–Crippen MR) is 101 cm³/mol. The van der Waals surface area contributed by atoms with Crippen LogP contribution in [0, 0.1) is 0 Å². The Bertz CT molecular complexity index is 807. The summed E-state index contributed by atoms with van der Waals surface area (Å²) in [5.74, 6) is -0.934. The van der Waals surface area contributed by atoms with Crippen molar-refractivity contribution in [2.75, 3.05) is 32.8 Å². The molecule has 0 bridgehead atoms. The third-order valence-electron chi connectivity index (χ3n) is 4.89. The van der Waals surface area contributed by atoms with Crippen LogP contribution in [0.3, 0.4) is 0 Å². The first-order valence-electron chi connectivity index (χ1n) is 9.48. The van der Waals surface area contributed by atoms with E-state index in [9.17, 15) is 18.0 Å². The second-order valence-electron chi connectivity index (χ2n) is 7.27. The smallest absolute Gasteiger partial charge is 0.338 e. The molecule has 154 valence electrons. The Morgan fingerprint density at radius 2 is 1.64 bits per heavy atom. The van der Waals surface area contributed by atoms with Gasteiger partial charge in [0.25, 0.3) is 5.91 Å². The summed E-state index contributed by atoms with van der Waals surface area (Å²) in [5, 5.41) is 0. The number of morpholine rings is 1. The standard InChI is InChI=1S/C19H26N2O6S/c1-14-11-20(12-15(2)27-14)18(22)13-26-19(23)16-5-7-17(8-6-16)28(24,25)21-9-3-4-10-21/h5-8,14-15H,3-4,9-13H2,1-2H3/t14-,15-/m1/s1. The summed E-state index contributed by atoms with van der Waals surface area (Å²) in [6.07, 6.45) is 1.60. The molecular weight excluding hydrogens is 384 g/mol. The summed E-state index contributed by atoms with van der Waals surface area (Å²) < 4.78 is 37.2. The Labute approximate surface area is 165 Å². The maximum atomic E-state index is 12.5. The number of sulfonamides is 1. The van der Waals surface area contributed by atoms with Crippen LogP contribution >= 0.6 is 0 Å². The molecule has 2 saturated heterocycles. The van der Waals surface area contributed by atoms with E-state index in [0.717, 1.165) is 12.8 Å². The lowest BCUT2D eigenvalue weighted by atomic mass is 10.2. The Morgan fingerprint density at radius 1 is 1.07 bits per heavy atom. The average molecular weight is 410 g/mol. The average Bonchev–Trinajstić information content (AvgIpc) is 3.21. The minimum absolute atomic E-state index is 0.0616. The van der Waals surface area contributed by atoms with E-state index in [4.69, 9.17) is 9.47 Å². The van der Waals surface area contributed by atoms with Crippen LogP contribution in [0.5, 0.6) is 0 Å². The maximum Gasteiger partial charge on any atom is 0.338 e. The van der Waals surface area contributed by atoms with Gasteiger partial charge in [-0.1, -0.05) is 0 Å². The number of amides is 1. The molecule has 0 radical (unpaired) electrons. The quantitative estimate of drug-likeness (QED) is 0.679. The number of nitrogens with zero attached hydrogens (tertiary/aromatic N) is 2. The Hall–Kier alpha value is -1.97. The second kappa shape index (κ2) is 8.59. The van der Waals surface area contributed by atoms with Gasteiger partial charge < -0.3 is 14.4 Å². The fraction of sp³-hybridized carbons (Fsp3) is 0.579. The highest BCUT2D eigenvalue weighted by molar-refractivity contribution is 7.89. The Morgan fingerprint density at radius 3 is 2.21 bits per heavy atom. The van der Waals surface area contributed by atoms with Gasteiger partial charge in [0.15, 0.2) is 6.61 Å². The highest BCUT2D eigenvalue weighted by atomic mass is 32.2. The van der Waals surface area contributed by atoms with Crippen molar-refractivity contribution in [2.45, 2.75) is 43.8 Å². The zero-order valence-corrected chi connectivity index (χ0v) is 17.0. The Balaban J connectivity index is 1.57. The number of carbonyl (C=O) groups is 2. The van der Waals surface area contributed by atoms with Gasteiger partial charge in [-0.05, 0) is 51.0 Å². The summed E-state index contributed by atoms with van der Waals surface area (Å²) in [6, 6.07) is 5.62. The largest absolute Gasteiger partial charge is 0.452 e. The van der Waals surface area contributed by atoms with E-state index in [1.807, 2.05) is 13.8 Å². The minimum atomic E-state index is -3.52. The van der Waals surface area contributed by atoms with Crippen molar-refractivity contribution >= 4 is 21.9 Å². The number of benzene rings is 1. The summed E-state index contributed by atoms with van der Waals surface area (Å²) in [4.78, 5) is 26.2. The lowest BCUT2D eigenvalue weighted by Crippen LogP contribution is -2.49. The summed E-state index contributed by atoms with van der Waals surface area (Å²) in [5.41, 5.74) is 0.205. The third-order valence-corrected chi connectivity index (χ3v) is 6.80. The van der Waals surface area contributed by atoms with Gasteiger partial charge in [-0.3, -0.25) is 4.79 Å². The topological polar surface area (TPSA) is 93.2 Å². The van der Waals surface area contributed by atoms with E-state index in [1.165, 1.54) is 28.6 Å². The fourth-order valence-electron chi connectivity index (χ4n) is 3.52. The predicted octanol–water partition coefficient (Wildman–Crippen LogP) is 1.26. The third kappa shape index (κ3) is 4.71. The molecule has 2 aliphatic rings. The normalized spacial score (nSPS) is 23.6. The van der Waals surface area contributed by atoms with E-state index >= 15 is 0 Å². The minimum Gasteiger partial charge on any atom is -0.452 e. The van der Waals surface area contributed by atoms with Gasteiger partial charge in [0.1, 0.15) is 0 Å². The number of ether oxygens (including phenoxy) is 2. The van der Waals surface area contributed by atoms with Crippen LogP contribution in [-0.2, 0) is 24.3 Å². The number of rotatable bonds is 5. The zero-order valence-electron chi connectivity index (χ0n) is 16.2. The zero-order chi connectivity index (χ0) is 20.3. The van der Waals surface area contributed by atoms with Crippen LogP contribution in [-0.4, -0.2) is 74.5 Å². The van der Waals surface area contributed by atoms with Crippen molar-refractivity contribution in [3.63, 3.8) is 0 Å². The van der Waals surface area contributed by atoms with Crippen LogP contribution in [0.25, 0.3) is 0 Å². The molecule has 0 saturated carbocycles. The van der Waals surface area contributed by atoms with Crippen molar-refractivity contribution in [3.8, 4) is 0 Å². The molecule has 0 aliphatic carbocycles. The Kier molecular flexibility index (Phi) is 6.36. The molecule has 9 heteroatoms. The van der Waals surface area contributed by atoms with Gasteiger partial charge >= 0.3 is 5.97 Å². The van der Waals surface area contributed by atoms with Crippen molar-refractivity contribution < 1.29 is 27.5 Å². The fourth-order valence-corrected chi connectivity index (χ4v) is 5.04. The molecule has 28 heavy (non-hydrogen) atoms. The second-order valence-corrected chi connectivity index (χ2v) is 9.21. The molecule has 0 aromatic heterocycles. The van der Waals surface area contributed by atoms with Crippen molar-refractivity contribution in [1.82, 2.24) is 9.21 Å². The lowest BCUT2D eigenvalue weighted by molar-refractivity contribution is -0.146. The van der Waals surface area contributed by atoms with E-state index < -0.39 is 16.0 Å². The van der Waals surface area contributed by atoms with Crippen LogP contribution in [0.4, 0.5) is 0 Å². The molecular formula is C19H26N2O6S. The summed E-state index contributed by atoms with van der Waals surface area (Å²) in [7, 11) is -3.52. The molecule has 2 fully saturated rings. The molecule has 0 spiro atoms. The summed E-state index contributed by atoms with van der Waals surface area (Å²) in [6.45, 7) is 5.39. The molecule has 1 aromatic rings. The van der Waals surface area contributed by atoms with Gasteiger partial charge in [-0.15, -0.1) is 0 Å². The molecule has 0 N–H and O–H groups in total. The van der Waals surface area contributed by atoms with Crippen molar-refractivity contribution in [3.05, 3.63) is 29.8 Å². The van der Waals surface area contributed by atoms with E-state index in [-0.39, 0.29) is 35.2 Å². The SMILES string of the molecule is C[C@@H]1CN(C(=O)COC(=O)c2ccc(S(=O)(=O)N3CCCC3)cc2)C[C@@H](C)O1. The van der Waals surface area contributed by atoms with Crippen LogP contribution in [0.2, 0.25) is 0 Å². The highest BCUT2D eigenvalue weighted by Gasteiger charge is 2.28. The maximum absolute atomic E-state index is 12.5. The van der Waals surface area contributed by atoms with Crippen molar-refractivity contribution in [2.24, 2.45) is 0 Å². The van der Waals surface area contributed by atoms with Crippen LogP contribution in [0.15, 0.2) is 29.2 Å². The molecule has 8 nitrogen and oxygen atoms in total. The number of carbonyl (C=O) groups excluding carboxylic acids is 2. The van der Waals surface area contributed by atoms with Gasteiger partial charge in [-0.25, -0.2) is 13.2 Å². The molecule has 2 aliphatic heterocycles. The van der Waals surface area contributed by atoms with Gasteiger partial charge in [0, 0.05) is 26.2 Å². The lowest BCUT2D eigenvalue weighted by Gasteiger charge is -2.35. The van der Waals surface area contributed by atoms with Crippen molar-refractivity contribution in [1.29, 1.82) is 0 Å². The molecule has 2 atom stereocenters. The van der Waals surface area contributed by atoms with Gasteiger partial charge in [-0.2, -0.15) is 4.31 Å². The molecule has 2 heterocycles. The first-order valence-corrected chi connectivity index (χ1v) is 10.9. The molecule has 3 rings (SSSR count). The van der Waals surface area contributed by atoms with Gasteiger partial charge in [0.2, 0.25) is 10.0 Å².